The van der Waals surface area contributed by atoms with Crippen LogP contribution in [0.5, 0.6) is 0 Å². The Kier molecular flexibility index (Phi) is 5.03. The van der Waals surface area contributed by atoms with Gasteiger partial charge in [0.1, 0.15) is 16.9 Å². The summed E-state index contributed by atoms with van der Waals surface area (Å²) < 4.78 is 43.5. The summed E-state index contributed by atoms with van der Waals surface area (Å²) in [6, 6.07) is 2.70. The fourth-order valence-corrected chi connectivity index (χ4v) is 3.19. The number of aryl methyl sites for hydroxylation is 1. The van der Waals surface area contributed by atoms with Gasteiger partial charge in [-0.2, -0.15) is 5.10 Å². The van der Waals surface area contributed by atoms with Gasteiger partial charge in [0.05, 0.1) is 18.1 Å². The molecule has 0 radical (unpaired) electrons. The molecule has 8 heteroatoms. The average molecular weight is 342 g/mol. The normalized spacial score (nSPS) is 12.0. The third-order valence-corrected chi connectivity index (χ3v) is 5.89. The molecule has 0 atom stereocenters. The van der Waals surface area contributed by atoms with Gasteiger partial charge in [0, 0.05) is 18.1 Å². The number of carbonyl (C=O) groups excluding carboxylic acids is 1. The first-order valence-electron chi connectivity index (χ1n) is 7.22. The van der Waals surface area contributed by atoms with Crippen LogP contribution in [0, 0.1) is 5.82 Å². The van der Waals surface area contributed by atoms with Crippen molar-refractivity contribution in [3.63, 3.8) is 0 Å². The molecule has 0 bridgehead atoms. The van der Waals surface area contributed by atoms with Crippen molar-refractivity contribution in [3.05, 3.63) is 29.7 Å². The number of rotatable bonds is 6. The van der Waals surface area contributed by atoms with E-state index in [2.05, 4.69) is 9.84 Å². The summed E-state index contributed by atoms with van der Waals surface area (Å²) in [6.45, 7) is 3.65. The maximum atomic E-state index is 13.8. The van der Waals surface area contributed by atoms with Crippen molar-refractivity contribution in [2.45, 2.75) is 32.1 Å². The van der Waals surface area contributed by atoms with E-state index in [1.807, 2.05) is 0 Å². The van der Waals surface area contributed by atoms with Gasteiger partial charge in [-0.25, -0.2) is 17.6 Å². The minimum atomic E-state index is -3.11. The lowest BCUT2D eigenvalue weighted by Crippen LogP contribution is -2.18. The van der Waals surface area contributed by atoms with E-state index in [1.165, 1.54) is 23.9 Å². The number of methoxy groups -OCH3 is 1. The Hall–Kier alpha value is -1.96. The second-order valence-electron chi connectivity index (χ2n) is 5.51. The highest BCUT2D eigenvalue weighted by molar-refractivity contribution is 7.91. The van der Waals surface area contributed by atoms with Crippen LogP contribution in [-0.4, -0.2) is 42.3 Å². The van der Waals surface area contributed by atoms with Crippen molar-refractivity contribution < 1.29 is 22.3 Å². The van der Waals surface area contributed by atoms with Gasteiger partial charge in [-0.15, -0.1) is 0 Å². The molecule has 6 nitrogen and oxygen atoms in total. The summed E-state index contributed by atoms with van der Waals surface area (Å²) in [5.74, 6) is -1.43. The van der Waals surface area contributed by atoms with E-state index in [0.717, 1.165) is 0 Å². The van der Waals surface area contributed by atoms with Crippen LogP contribution in [0.3, 0.4) is 0 Å². The molecule has 0 N–H and O–H groups in total. The number of halogens is 1. The molecule has 1 aromatic carbocycles. The summed E-state index contributed by atoms with van der Waals surface area (Å²) in [4.78, 5) is 11.7. The maximum absolute atomic E-state index is 13.8. The lowest BCUT2D eigenvalue weighted by atomic mass is 10.1. The fourth-order valence-electron chi connectivity index (χ4n) is 2.19. The molecular formula is C15H19FN2O4S. The summed E-state index contributed by atoms with van der Waals surface area (Å²) in [7, 11) is -1.93. The number of fused-ring (bicyclic) bond motifs is 1. The molecule has 23 heavy (non-hydrogen) atoms. The predicted molar refractivity (Wildman–Crippen MR) is 84.6 cm³/mol. The summed E-state index contributed by atoms with van der Waals surface area (Å²) in [5.41, 5.74) is 0.00196. The maximum Gasteiger partial charge on any atom is 0.343 e. The summed E-state index contributed by atoms with van der Waals surface area (Å²) in [5, 5.41) is 4.37. The van der Waals surface area contributed by atoms with Crippen LogP contribution < -0.4 is 0 Å². The van der Waals surface area contributed by atoms with Crippen molar-refractivity contribution in [2.75, 3.05) is 12.9 Å². The van der Waals surface area contributed by atoms with E-state index in [9.17, 15) is 17.6 Å². The van der Waals surface area contributed by atoms with E-state index in [1.54, 1.807) is 20.0 Å². The number of benzene rings is 1. The van der Waals surface area contributed by atoms with E-state index in [4.69, 9.17) is 0 Å². The summed E-state index contributed by atoms with van der Waals surface area (Å²) >= 11 is 0. The van der Waals surface area contributed by atoms with E-state index in [0.29, 0.717) is 18.4 Å². The molecule has 0 unspecified atom stereocenters. The van der Waals surface area contributed by atoms with Crippen molar-refractivity contribution in [1.29, 1.82) is 0 Å². The molecule has 1 heterocycles. The number of esters is 1. The molecule has 0 saturated carbocycles. The standard InChI is InChI=1S/C15H19FN2O4S/c1-10(2)23(20,21)8-4-7-18-9-11-5-6-12(16)13(14(11)17-18)15(19)22-3/h5-6,9-10H,4,7-8H2,1-3H3. The highest BCUT2D eigenvalue weighted by Crippen LogP contribution is 2.21. The SMILES string of the molecule is COC(=O)c1c(F)ccc2cn(CCCS(=O)(=O)C(C)C)nc12. The van der Waals surface area contributed by atoms with Crippen LogP contribution in [-0.2, 0) is 21.1 Å². The van der Waals surface area contributed by atoms with Crippen molar-refractivity contribution in [3.8, 4) is 0 Å². The van der Waals surface area contributed by atoms with E-state index < -0.39 is 26.9 Å². The van der Waals surface area contributed by atoms with Crippen LogP contribution in [0.25, 0.3) is 10.9 Å². The number of ether oxygens (including phenoxy) is 1. The smallest absolute Gasteiger partial charge is 0.343 e. The molecule has 1 aromatic heterocycles. The second kappa shape index (κ2) is 6.66. The minimum Gasteiger partial charge on any atom is -0.465 e. The molecule has 0 fully saturated rings. The zero-order valence-electron chi connectivity index (χ0n) is 13.2. The van der Waals surface area contributed by atoms with Crippen LogP contribution in [0.2, 0.25) is 0 Å². The number of hydrogen-bond acceptors (Lipinski definition) is 5. The number of sulfone groups is 1. The second-order valence-corrected chi connectivity index (χ2v) is 8.19. The van der Waals surface area contributed by atoms with Gasteiger partial charge in [-0.3, -0.25) is 4.68 Å². The van der Waals surface area contributed by atoms with Crippen LogP contribution >= 0.6 is 0 Å². The zero-order valence-corrected chi connectivity index (χ0v) is 14.1. The number of hydrogen-bond donors (Lipinski definition) is 0. The lowest BCUT2D eigenvalue weighted by Gasteiger charge is -2.07. The molecule has 0 aliphatic rings. The molecule has 0 aliphatic carbocycles. The van der Waals surface area contributed by atoms with Crippen LogP contribution in [0.15, 0.2) is 18.3 Å². The van der Waals surface area contributed by atoms with Crippen LogP contribution in [0.1, 0.15) is 30.6 Å². The highest BCUT2D eigenvalue weighted by Gasteiger charge is 2.19. The molecular weight excluding hydrogens is 323 g/mol. The first-order chi connectivity index (χ1) is 10.8. The Morgan fingerprint density at radius 1 is 1.39 bits per heavy atom. The van der Waals surface area contributed by atoms with Gasteiger partial charge < -0.3 is 4.74 Å². The zero-order chi connectivity index (χ0) is 17.2. The lowest BCUT2D eigenvalue weighted by molar-refractivity contribution is 0.0597. The molecule has 0 saturated heterocycles. The molecule has 2 rings (SSSR count). The third-order valence-electron chi connectivity index (χ3n) is 3.60. The van der Waals surface area contributed by atoms with Crippen molar-refractivity contribution >= 4 is 26.7 Å². The van der Waals surface area contributed by atoms with E-state index in [-0.39, 0.29) is 16.8 Å². The van der Waals surface area contributed by atoms with Gasteiger partial charge in [0.2, 0.25) is 0 Å². The number of nitrogens with zero attached hydrogens (tertiary/aromatic N) is 2. The fraction of sp³-hybridized carbons (Fsp3) is 0.467. The largest absolute Gasteiger partial charge is 0.465 e. The molecule has 2 aromatic rings. The monoisotopic (exact) mass is 342 g/mol. The van der Waals surface area contributed by atoms with Gasteiger partial charge >= 0.3 is 5.97 Å². The molecule has 0 spiro atoms. The van der Waals surface area contributed by atoms with E-state index >= 15 is 0 Å². The molecule has 0 amide bonds. The number of aromatic nitrogens is 2. The van der Waals surface area contributed by atoms with Gasteiger partial charge in [-0.05, 0) is 32.4 Å². The number of carbonyl (C=O) groups is 1. The Morgan fingerprint density at radius 3 is 2.70 bits per heavy atom. The Balaban J connectivity index is 2.23. The Morgan fingerprint density at radius 2 is 2.09 bits per heavy atom. The quantitative estimate of drug-likeness (QED) is 0.752. The van der Waals surface area contributed by atoms with Crippen molar-refractivity contribution in [2.24, 2.45) is 0 Å². The molecule has 126 valence electrons. The Labute approximate surface area is 134 Å². The minimum absolute atomic E-state index is 0.0547. The van der Waals surface area contributed by atoms with Gasteiger partial charge in [0.15, 0.2) is 9.84 Å². The highest BCUT2D eigenvalue weighted by atomic mass is 32.2. The molecule has 0 aliphatic heterocycles. The predicted octanol–water partition coefficient (Wildman–Crippen LogP) is 2.18. The first-order valence-corrected chi connectivity index (χ1v) is 8.93. The Bertz CT molecular complexity index is 827. The van der Waals surface area contributed by atoms with Gasteiger partial charge in [0.25, 0.3) is 0 Å². The average Bonchev–Trinajstić information content (AvgIpc) is 2.88. The van der Waals surface area contributed by atoms with Crippen LogP contribution in [0.4, 0.5) is 4.39 Å². The van der Waals surface area contributed by atoms with Crippen molar-refractivity contribution in [1.82, 2.24) is 9.78 Å². The van der Waals surface area contributed by atoms with Gasteiger partial charge in [-0.1, -0.05) is 0 Å². The third kappa shape index (κ3) is 3.69. The summed E-state index contributed by atoms with van der Waals surface area (Å²) in [6.07, 6.45) is 2.05. The topological polar surface area (TPSA) is 78.3 Å². The first kappa shape index (κ1) is 17.4.